The number of hydrogen-bond donors (Lipinski definition) is 3. The molecule has 1 fully saturated rings. The van der Waals surface area contributed by atoms with Gasteiger partial charge < -0.3 is 29.1 Å². The maximum Gasteiger partial charge on any atom is 0.471 e. The van der Waals surface area contributed by atoms with Crippen LogP contribution < -0.4 is 21.5 Å². The van der Waals surface area contributed by atoms with Gasteiger partial charge in [-0.2, -0.15) is 13.2 Å². The predicted octanol–water partition coefficient (Wildman–Crippen LogP) is 0.0738. The van der Waals surface area contributed by atoms with Crippen LogP contribution in [-0.2, 0) is 23.4 Å². The average molecular weight is 562 g/mol. The summed E-state index contributed by atoms with van der Waals surface area (Å²) in [6.07, 6.45) is -5.11. The van der Waals surface area contributed by atoms with Crippen molar-refractivity contribution in [1.82, 2.24) is 14.9 Å². The zero-order chi connectivity index (χ0) is 26.4. The van der Waals surface area contributed by atoms with Crippen LogP contribution in [0.15, 0.2) is 15.8 Å². The molecule has 1 amide bonds. The van der Waals surface area contributed by atoms with Crippen LogP contribution in [-0.4, -0.2) is 63.6 Å². The summed E-state index contributed by atoms with van der Waals surface area (Å²) >= 11 is 0. The van der Waals surface area contributed by atoms with Crippen molar-refractivity contribution in [2.24, 2.45) is 0 Å². The molecule has 2 rings (SSSR count). The molecular formula is C17H20F3N3O9PS2-. The third kappa shape index (κ3) is 9.32. The number of aromatic nitrogens is 2. The maximum absolute atomic E-state index is 12.3. The Bertz CT molecular complexity index is 1130. The van der Waals surface area contributed by atoms with Gasteiger partial charge in [0.25, 0.3) is 13.4 Å². The summed E-state index contributed by atoms with van der Waals surface area (Å²) in [7, 11) is -2.30. The molecule has 0 aliphatic carbocycles. The smallest absolute Gasteiger partial charge is 0.471 e. The molecule has 3 N–H and O–H groups in total. The number of halogens is 3. The Hall–Kier alpha value is -1.77. The zero-order valence-corrected chi connectivity index (χ0v) is 20.6. The molecule has 35 heavy (non-hydrogen) atoms. The number of ether oxygens (including phenoxy) is 2. The molecule has 5 atom stereocenters. The summed E-state index contributed by atoms with van der Waals surface area (Å²) in [5.74, 6) is 2.23. The molecule has 196 valence electrons. The van der Waals surface area contributed by atoms with E-state index in [2.05, 4.69) is 16.4 Å². The largest absolute Gasteiger partial charge is 0.756 e. The van der Waals surface area contributed by atoms with Gasteiger partial charge in [-0.15, -0.1) is 0 Å². The lowest BCUT2D eigenvalue weighted by Gasteiger charge is -2.24. The fourth-order valence-corrected chi connectivity index (χ4v) is 4.63. The lowest BCUT2D eigenvalue weighted by atomic mass is 10.2. The highest BCUT2D eigenvalue weighted by Crippen LogP contribution is 2.37. The van der Waals surface area contributed by atoms with Crippen molar-refractivity contribution in [2.75, 3.05) is 19.4 Å². The summed E-state index contributed by atoms with van der Waals surface area (Å²) in [6.45, 7) is 0.403. The number of carbonyl (C=O) groups is 1. The molecule has 1 aliphatic rings. The third-order valence-electron chi connectivity index (χ3n) is 4.28. The van der Waals surface area contributed by atoms with E-state index in [4.69, 9.17) is 14.4 Å². The van der Waals surface area contributed by atoms with E-state index in [1.165, 1.54) is 26.9 Å². The third-order valence-corrected chi connectivity index (χ3v) is 6.72. The van der Waals surface area contributed by atoms with Gasteiger partial charge in [0.1, 0.15) is 23.3 Å². The summed E-state index contributed by atoms with van der Waals surface area (Å²) in [6, 6.07) is 0. The number of nitrogens with zero attached hydrogens (tertiary/aromatic N) is 1. The second-order valence-electron chi connectivity index (χ2n) is 6.83. The van der Waals surface area contributed by atoms with E-state index in [1.54, 1.807) is 6.92 Å². The van der Waals surface area contributed by atoms with Gasteiger partial charge in [0.05, 0.1) is 19.3 Å². The van der Waals surface area contributed by atoms with Crippen LogP contribution in [0.25, 0.3) is 0 Å². The quantitative estimate of drug-likeness (QED) is 0.161. The molecule has 0 bridgehead atoms. The van der Waals surface area contributed by atoms with Crippen molar-refractivity contribution in [2.45, 2.75) is 43.4 Å². The molecule has 1 aliphatic heterocycles. The van der Waals surface area contributed by atoms with Gasteiger partial charge in [0, 0.05) is 12.6 Å². The summed E-state index contributed by atoms with van der Waals surface area (Å²) < 4.78 is 64.4. The fourth-order valence-electron chi connectivity index (χ4n) is 2.89. The standard InChI is InChI=1S/C17H21F3N3O9PS2/c1-9(35-34-2)31-11-6-13(32-12(11)8-30-33(27,28)29)23-7-10(14(24)22-16(23)26)4-3-5-21-15(25)17(18,19)20/h7,9,11-13H,5-6,8H2,1-2H3,(H,21,25)(H,22,24,26)(H2,27,28,29)/p-1/t9-,11+,12+,13+/m0/s1. The highest BCUT2D eigenvalue weighted by molar-refractivity contribution is 8.76. The molecule has 12 nitrogen and oxygen atoms in total. The number of phosphoric ester groups is 1. The molecule has 0 radical (unpaired) electrons. The van der Waals surface area contributed by atoms with Crippen LogP contribution >= 0.6 is 29.4 Å². The van der Waals surface area contributed by atoms with E-state index in [0.29, 0.717) is 0 Å². The van der Waals surface area contributed by atoms with E-state index in [1.807, 2.05) is 11.2 Å². The first-order valence-electron chi connectivity index (χ1n) is 9.59. The lowest BCUT2D eigenvalue weighted by Crippen LogP contribution is -2.37. The minimum atomic E-state index is -5.09. The molecule has 0 aromatic carbocycles. The Kier molecular flexibility index (Phi) is 10.5. The number of aromatic amines is 1. The van der Waals surface area contributed by atoms with Crippen molar-refractivity contribution in [3.8, 4) is 11.8 Å². The number of nitrogens with one attached hydrogen (secondary N) is 2. The Morgan fingerprint density at radius 2 is 2.20 bits per heavy atom. The molecular weight excluding hydrogens is 542 g/mol. The normalized spacial score (nSPS) is 22.7. The highest BCUT2D eigenvalue weighted by Gasteiger charge is 2.39. The first-order valence-corrected chi connectivity index (χ1v) is 13.7. The Morgan fingerprint density at radius 3 is 2.80 bits per heavy atom. The number of alkyl halides is 3. The van der Waals surface area contributed by atoms with Crippen LogP contribution in [0.5, 0.6) is 0 Å². The first-order chi connectivity index (χ1) is 16.2. The monoisotopic (exact) mass is 562 g/mol. The molecule has 1 unspecified atom stereocenters. The van der Waals surface area contributed by atoms with Gasteiger partial charge >= 0.3 is 17.8 Å². The number of phosphoric acid groups is 1. The van der Waals surface area contributed by atoms with Gasteiger partial charge in [-0.25, -0.2) is 4.79 Å². The fraction of sp³-hybridized carbons (Fsp3) is 0.588. The van der Waals surface area contributed by atoms with Crippen LogP contribution in [0, 0.1) is 11.8 Å². The SMILES string of the molecule is CSS[C@@H](C)O[C@@H]1C[C@H](n2cc(C#CCNC(=O)C(F)(F)F)c(=O)[nH]c2=O)O[C@@H]1COP(=O)([O-])O. The summed E-state index contributed by atoms with van der Waals surface area (Å²) in [5, 5.41) is 1.51. The number of carbonyl (C=O) groups excluding carboxylic acids is 1. The minimum absolute atomic E-state index is 0.0162. The van der Waals surface area contributed by atoms with Crippen molar-refractivity contribution in [3.05, 3.63) is 32.6 Å². The molecule has 0 spiro atoms. The number of amides is 1. The van der Waals surface area contributed by atoms with Crippen LogP contribution in [0.3, 0.4) is 0 Å². The second-order valence-corrected chi connectivity index (χ2v) is 10.8. The summed E-state index contributed by atoms with van der Waals surface area (Å²) in [5.41, 5.74) is -2.50. The summed E-state index contributed by atoms with van der Waals surface area (Å²) in [4.78, 5) is 57.0. The first kappa shape index (κ1) is 29.5. The molecule has 2 heterocycles. The van der Waals surface area contributed by atoms with Gasteiger partial charge in [-0.1, -0.05) is 33.4 Å². The van der Waals surface area contributed by atoms with E-state index in [0.717, 1.165) is 10.8 Å². The lowest BCUT2D eigenvalue weighted by molar-refractivity contribution is -0.223. The van der Waals surface area contributed by atoms with Crippen molar-refractivity contribution in [1.29, 1.82) is 0 Å². The topological polar surface area (TPSA) is 172 Å². The molecule has 1 aromatic rings. The molecule has 0 saturated carbocycles. The van der Waals surface area contributed by atoms with Gasteiger partial charge in [-0.05, 0) is 13.2 Å². The Morgan fingerprint density at radius 1 is 1.51 bits per heavy atom. The minimum Gasteiger partial charge on any atom is -0.756 e. The number of rotatable bonds is 9. The zero-order valence-electron chi connectivity index (χ0n) is 18.1. The molecule has 1 saturated heterocycles. The van der Waals surface area contributed by atoms with Gasteiger partial charge in [-0.3, -0.25) is 23.7 Å². The Labute approximate surface area is 203 Å². The molecule has 18 heteroatoms. The van der Waals surface area contributed by atoms with Gasteiger partial charge in [0.2, 0.25) is 0 Å². The van der Waals surface area contributed by atoms with Crippen LogP contribution in [0.2, 0.25) is 0 Å². The van der Waals surface area contributed by atoms with Crippen molar-refractivity contribution in [3.63, 3.8) is 0 Å². The van der Waals surface area contributed by atoms with Crippen LogP contribution in [0.1, 0.15) is 25.1 Å². The van der Waals surface area contributed by atoms with E-state index < -0.39 is 62.7 Å². The van der Waals surface area contributed by atoms with E-state index >= 15 is 0 Å². The van der Waals surface area contributed by atoms with Crippen molar-refractivity contribution >= 4 is 35.3 Å². The van der Waals surface area contributed by atoms with Crippen LogP contribution in [0.4, 0.5) is 13.2 Å². The maximum atomic E-state index is 12.3. The number of H-pyrrole nitrogens is 1. The Balaban J connectivity index is 2.23. The molecule has 1 aromatic heterocycles. The second kappa shape index (κ2) is 12.5. The number of hydrogen-bond acceptors (Lipinski definition) is 10. The predicted molar refractivity (Wildman–Crippen MR) is 117 cm³/mol. The average Bonchev–Trinajstić information content (AvgIpc) is 3.12. The van der Waals surface area contributed by atoms with E-state index in [9.17, 15) is 37.0 Å². The van der Waals surface area contributed by atoms with Gasteiger partial charge in [0.15, 0.2) is 0 Å². The van der Waals surface area contributed by atoms with Crippen molar-refractivity contribution < 1.29 is 46.3 Å². The highest BCUT2D eigenvalue weighted by atomic mass is 33.1. The van der Waals surface area contributed by atoms with E-state index in [-0.39, 0.29) is 17.4 Å².